The Kier molecular flexibility index (Phi) is 8.63. The van der Waals surface area contributed by atoms with E-state index in [2.05, 4.69) is 16.0 Å². The van der Waals surface area contributed by atoms with E-state index in [4.69, 9.17) is 0 Å². The Morgan fingerprint density at radius 1 is 1.42 bits per heavy atom. The van der Waals surface area contributed by atoms with Gasteiger partial charge in [0.2, 0.25) is 5.91 Å². The van der Waals surface area contributed by atoms with Crippen LogP contribution in [-0.4, -0.2) is 63.0 Å². The lowest BCUT2D eigenvalue weighted by Gasteiger charge is -2.18. The lowest BCUT2D eigenvalue weighted by atomic mass is 10.1. The first-order chi connectivity index (χ1) is 8.58. The average Bonchev–Trinajstić information content (AvgIpc) is 2.80. The minimum absolute atomic E-state index is 0. The summed E-state index contributed by atoms with van der Waals surface area (Å²) in [6, 6.07) is -0.672. The van der Waals surface area contributed by atoms with Gasteiger partial charge in [-0.1, -0.05) is 13.8 Å². The van der Waals surface area contributed by atoms with Crippen LogP contribution in [0, 0.1) is 0 Å². The molecule has 1 fully saturated rings. The van der Waals surface area contributed by atoms with E-state index >= 15 is 0 Å². The molecule has 0 aromatic heterocycles. The van der Waals surface area contributed by atoms with Gasteiger partial charge in [0.05, 0.1) is 18.2 Å². The highest BCUT2D eigenvalue weighted by molar-refractivity contribution is 5.86. The largest absolute Gasteiger partial charge is 0.392 e. The summed E-state index contributed by atoms with van der Waals surface area (Å²) in [6.07, 6.45) is 0.426. The number of Topliss-reactive ketones (excluding diaryl/α,β-unsaturated/α-hetero) is 1. The Labute approximate surface area is 116 Å². The summed E-state index contributed by atoms with van der Waals surface area (Å²) in [5.74, 6) is -0.0603. The highest BCUT2D eigenvalue weighted by Gasteiger charge is 2.28. The maximum absolute atomic E-state index is 11.8. The van der Waals surface area contributed by atoms with Crippen LogP contribution >= 0.6 is 0 Å². The van der Waals surface area contributed by atoms with Crippen molar-refractivity contribution in [2.75, 3.05) is 19.6 Å². The lowest BCUT2D eigenvalue weighted by Crippen LogP contribution is -2.49. The lowest BCUT2D eigenvalue weighted by molar-refractivity contribution is -0.123. The maximum atomic E-state index is 11.8. The molecule has 3 radical (unpaired) electrons. The molecule has 0 aromatic rings. The molecule has 0 bridgehead atoms. The Bertz CT molecular complexity index is 302. The minimum Gasteiger partial charge on any atom is -0.392 e. The van der Waals surface area contributed by atoms with E-state index in [0.717, 1.165) is 0 Å². The SMILES string of the molecule is CCN[C@@H](CNC(=O)C1C[C@@H](O)CN1)C(=O)CC.[B]. The number of carbonyl (C=O) groups is 2. The fourth-order valence-electron chi connectivity index (χ4n) is 2.04. The number of β-amino-alcohol motifs (C(OH)–C–C–N with tert-alkyl or cyclic N) is 1. The van der Waals surface area contributed by atoms with Crippen molar-refractivity contribution in [2.45, 2.75) is 44.9 Å². The third-order valence-corrected chi connectivity index (χ3v) is 3.09. The molecule has 3 atom stereocenters. The molecule has 4 N–H and O–H groups in total. The number of nitrogens with one attached hydrogen (secondary N) is 3. The second-order valence-corrected chi connectivity index (χ2v) is 4.53. The molecular formula is C12H23BN3O3. The zero-order valence-electron chi connectivity index (χ0n) is 11.6. The van der Waals surface area contributed by atoms with Gasteiger partial charge in [-0.15, -0.1) is 0 Å². The van der Waals surface area contributed by atoms with E-state index in [1.54, 1.807) is 0 Å². The maximum Gasteiger partial charge on any atom is 0.237 e. The van der Waals surface area contributed by atoms with Crippen LogP contribution in [0.4, 0.5) is 0 Å². The predicted octanol–water partition coefficient (Wildman–Crippen LogP) is -1.60. The number of rotatable bonds is 7. The number of likely N-dealkylation sites (N-methyl/N-ethyl adjacent to an activating group) is 1. The van der Waals surface area contributed by atoms with Crippen molar-refractivity contribution in [3.8, 4) is 0 Å². The number of hydrogen-bond donors (Lipinski definition) is 4. The molecular weight excluding hydrogens is 245 g/mol. The Morgan fingerprint density at radius 2 is 2.11 bits per heavy atom. The Hall–Kier alpha value is -0.915. The highest BCUT2D eigenvalue weighted by atomic mass is 16.3. The first-order valence-corrected chi connectivity index (χ1v) is 6.53. The number of aliphatic hydroxyl groups is 1. The quantitative estimate of drug-likeness (QED) is 0.418. The Morgan fingerprint density at radius 3 is 2.58 bits per heavy atom. The first-order valence-electron chi connectivity index (χ1n) is 6.53. The number of aliphatic hydroxyl groups excluding tert-OH is 1. The molecule has 1 aliphatic heterocycles. The normalized spacial score (nSPS) is 23.5. The summed E-state index contributed by atoms with van der Waals surface area (Å²) in [5, 5.41) is 18.1. The summed E-state index contributed by atoms with van der Waals surface area (Å²) >= 11 is 0. The van der Waals surface area contributed by atoms with Gasteiger partial charge in [-0.25, -0.2) is 0 Å². The number of ketones is 1. The molecule has 0 aliphatic carbocycles. The van der Waals surface area contributed by atoms with Crippen LogP contribution in [0.3, 0.4) is 0 Å². The van der Waals surface area contributed by atoms with Crippen LogP contribution < -0.4 is 16.0 Å². The molecule has 19 heavy (non-hydrogen) atoms. The smallest absolute Gasteiger partial charge is 0.237 e. The molecule has 1 aliphatic rings. The first kappa shape index (κ1) is 18.1. The van der Waals surface area contributed by atoms with Gasteiger partial charge >= 0.3 is 0 Å². The zero-order chi connectivity index (χ0) is 13.5. The van der Waals surface area contributed by atoms with Crippen LogP contribution in [0.2, 0.25) is 0 Å². The molecule has 1 rings (SSSR count). The average molecular weight is 268 g/mol. The monoisotopic (exact) mass is 268 g/mol. The molecule has 0 saturated carbocycles. The van der Waals surface area contributed by atoms with Crippen molar-refractivity contribution >= 4 is 20.1 Å². The highest BCUT2D eigenvalue weighted by Crippen LogP contribution is 2.05. The second kappa shape index (κ2) is 9.06. The zero-order valence-corrected chi connectivity index (χ0v) is 11.6. The molecule has 107 valence electrons. The van der Waals surface area contributed by atoms with Crippen molar-refractivity contribution in [1.29, 1.82) is 0 Å². The minimum atomic E-state index is -0.456. The molecule has 6 nitrogen and oxygen atoms in total. The van der Waals surface area contributed by atoms with Crippen LogP contribution in [0.15, 0.2) is 0 Å². The van der Waals surface area contributed by atoms with Crippen molar-refractivity contribution in [1.82, 2.24) is 16.0 Å². The molecule has 1 amide bonds. The van der Waals surface area contributed by atoms with E-state index in [0.29, 0.717) is 32.5 Å². The van der Waals surface area contributed by atoms with Gasteiger partial charge in [-0.05, 0) is 13.0 Å². The van der Waals surface area contributed by atoms with Crippen molar-refractivity contribution in [3.05, 3.63) is 0 Å². The molecule has 0 aromatic carbocycles. The van der Waals surface area contributed by atoms with E-state index in [-0.39, 0.29) is 32.2 Å². The molecule has 1 saturated heterocycles. The third-order valence-electron chi connectivity index (χ3n) is 3.09. The summed E-state index contributed by atoms with van der Waals surface area (Å²) < 4.78 is 0. The molecule has 1 heterocycles. The number of carbonyl (C=O) groups excluding carboxylic acids is 2. The number of hydrogen-bond acceptors (Lipinski definition) is 5. The standard InChI is InChI=1S/C12H23N3O3.B/c1-3-11(17)10(13-4-2)7-15-12(18)9-5-8(16)6-14-9;/h8-10,13-14,16H,3-7H2,1-2H3,(H,15,18);/t8-,9?,10+;/m1./s1. The van der Waals surface area contributed by atoms with Gasteiger partial charge in [-0.2, -0.15) is 0 Å². The number of amides is 1. The summed E-state index contributed by atoms with van der Waals surface area (Å²) in [6.45, 7) is 5.17. The van der Waals surface area contributed by atoms with Crippen LogP contribution in [0.5, 0.6) is 0 Å². The van der Waals surface area contributed by atoms with Gasteiger partial charge in [0.15, 0.2) is 5.78 Å². The fraction of sp³-hybridized carbons (Fsp3) is 0.833. The summed E-state index contributed by atoms with van der Waals surface area (Å²) in [4.78, 5) is 23.4. The van der Waals surface area contributed by atoms with E-state index in [1.807, 2.05) is 13.8 Å². The van der Waals surface area contributed by atoms with E-state index in [9.17, 15) is 14.7 Å². The second-order valence-electron chi connectivity index (χ2n) is 4.53. The van der Waals surface area contributed by atoms with Gasteiger partial charge in [0.25, 0.3) is 0 Å². The van der Waals surface area contributed by atoms with Gasteiger partial charge in [-0.3, -0.25) is 9.59 Å². The van der Waals surface area contributed by atoms with Gasteiger partial charge in [0.1, 0.15) is 0 Å². The summed E-state index contributed by atoms with van der Waals surface area (Å²) in [7, 11) is 0. The predicted molar refractivity (Wildman–Crippen MR) is 73.9 cm³/mol. The van der Waals surface area contributed by atoms with Crippen molar-refractivity contribution < 1.29 is 14.7 Å². The molecule has 7 heteroatoms. The molecule has 0 spiro atoms. The van der Waals surface area contributed by atoms with Crippen LogP contribution in [-0.2, 0) is 9.59 Å². The van der Waals surface area contributed by atoms with Crippen molar-refractivity contribution in [3.63, 3.8) is 0 Å². The van der Waals surface area contributed by atoms with E-state index < -0.39 is 6.10 Å². The fourth-order valence-corrected chi connectivity index (χ4v) is 2.04. The van der Waals surface area contributed by atoms with Gasteiger partial charge in [0, 0.05) is 27.9 Å². The van der Waals surface area contributed by atoms with Gasteiger partial charge < -0.3 is 21.1 Å². The summed E-state index contributed by atoms with van der Waals surface area (Å²) in [5.41, 5.74) is 0. The van der Waals surface area contributed by atoms with E-state index in [1.165, 1.54) is 0 Å². The molecule has 1 unspecified atom stereocenters. The third kappa shape index (κ3) is 5.71. The van der Waals surface area contributed by atoms with Crippen LogP contribution in [0.25, 0.3) is 0 Å². The Balaban J connectivity index is 0.00000324. The van der Waals surface area contributed by atoms with Crippen molar-refractivity contribution in [2.24, 2.45) is 0 Å². The van der Waals surface area contributed by atoms with Crippen LogP contribution in [0.1, 0.15) is 26.7 Å². The topological polar surface area (TPSA) is 90.5 Å².